The van der Waals surface area contributed by atoms with Crippen molar-refractivity contribution in [2.75, 3.05) is 19.9 Å². The largest absolute Gasteiger partial charge is 0.477 e. The van der Waals surface area contributed by atoms with Crippen molar-refractivity contribution in [3.05, 3.63) is 39.2 Å². The van der Waals surface area contributed by atoms with Crippen LogP contribution in [-0.2, 0) is 17.7 Å². The third kappa shape index (κ3) is 3.18. The summed E-state index contributed by atoms with van der Waals surface area (Å²) >= 11 is 0. The molecule has 0 spiro atoms. The summed E-state index contributed by atoms with van der Waals surface area (Å²) in [5.74, 6) is 0.868. The molecule has 4 rings (SSSR count). The molecule has 3 heterocycles. The lowest BCUT2D eigenvalue weighted by Crippen LogP contribution is -2.37. The Kier molecular flexibility index (Phi) is 4.52. The van der Waals surface area contributed by atoms with Crippen LogP contribution in [0, 0.1) is 6.92 Å². The van der Waals surface area contributed by atoms with Gasteiger partial charge in [0.05, 0.1) is 6.10 Å². The van der Waals surface area contributed by atoms with Gasteiger partial charge in [-0.2, -0.15) is 0 Å². The van der Waals surface area contributed by atoms with Gasteiger partial charge < -0.3 is 13.9 Å². The van der Waals surface area contributed by atoms with Crippen molar-refractivity contribution in [2.45, 2.75) is 52.2 Å². The molecule has 25 heavy (non-hydrogen) atoms. The van der Waals surface area contributed by atoms with E-state index in [-0.39, 0.29) is 5.63 Å². The number of aryl methyl sites for hydroxylation is 2. The normalized spacial score (nSPS) is 20.6. The zero-order valence-electron chi connectivity index (χ0n) is 15.0. The van der Waals surface area contributed by atoms with Crippen molar-refractivity contribution < 1.29 is 13.9 Å². The second-order valence-electron chi connectivity index (χ2n) is 7.13. The smallest absolute Gasteiger partial charge is 0.336 e. The van der Waals surface area contributed by atoms with Crippen LogP contribution in [0.2, 0.25) is 0 Å². The highest BCUT2D eigenvalue weighted by Crippen LogP contribution is 2.36. The van der Waals surface area contributed by atoms with Crippen LogP contribution < -0.4 is 10.4 Å². The maximum atomic E-state index is 11.9. The Bertz CT molecular complexity index is 836. The summed E-state index contributed by atoms with van der Waals surface area (Å²) < 4.78 is 17.3. The van der Waals surface area contributed by atoms with Gasteiger partial charge >= 0.3 is 5.63 Å². The summed E-state index contributed by atoms with van der Waals surface area (Å²) in [7, 11) is 0. The first-order chi connectivity index (χ1) is 12.2. The maximum Gasteiger partial charge on any atom is 0.336 e. The molecule has 1 fully saturated rings. The molecule has 0 saturated carbocycles. The minimum absolute atomic E-state index is 0.283. The van der Waals surface area contributed by atoms with E-state index >= 15 is 0 Å². The van der Waals surface area contributed by atoms with Gasteiger partial charge in [-0.05, 0) is 37.8 Å². The van der Waals surface area contributed by atoms with Crippen LogP contribution in [0.15, 0.2) is 21.3 Å². The number of benzene rings is 1. The molecule has 5 nitrogen and oxygen atoms in total. The summed E-state index contributed by atoms with van der Waals surface area (Å²) in [4.78, 5) is 14.2. The number of hydrogen-bond acceptors (Lipinski definition) is 5. The summed E-state index contributed by atoms with van der Waals surface area (Å²) in [6, 6.07) is 3.78. The van der Waals surface area contributed by atoms with Gasteiger partial charge in [-0.1, -0.05) is 13.3 Å². The molecule has 1 saturated heterocycles. The standard InChI is InChI=1S/C20H25NO4/c1-3-5-14-9-18(22)25-20-13(2)19-15(8-17(14)20)10-21(12-24-19)11-16-6-4-7-23-16/h8-9,16H,3-7,10-12H2,1-2H3/t16-/m0/s1. The zero-order chi connectivity index (χ0) is 17.4. The molecule has 1 aromatic heterocycles. The van der Waals surface area contributed by atoms with Crippen molar-refractivity contribution >= 4 is 11.0 Å². The second kappa shape index (κ2) is 6.81. The molecule has 1 aromatic carbocycles. The van der Waals surface area contributed by atoms with E-state index in [9.17, 15) is 4.79 Å². The van der Waals surface area contributed by atoms with E-state index in [1.807, 2.05) is 6.92 Å². The van der Waals surface area contributed by atoms with Crippen LogP contribution >= 0.6 is 0 Å². The van der Waals surface area contributed by atoms with Crippen LogP contribution in [0.1, 0.15) is 42.9 Å². The Morgan fingerprint density at radius 2 is 2.20 bits per heavy atom. The highest BCUT2D eigenvalue weighted by atomic mass is 16.5. The molecule has 0 amide bonds. The summed E-state index contributed by atoms with van der Waals surface area (Å²) in [5, 5.41) is 1.04. The fourth-order valence-corrected chi connectivity index (χ4v) is 4.00. The average Bonchev–Trinajstić information content (AvgIpc) is 3.09. The van der Waals surface area contributed by atoms with Gasteiger partial charge in [0.2, 0.25) is 0 Å². The highest BCUT2D eigenvalue weighted by Gasteiger charge is 2.26. The topological polar surface area (TPSA) is 51.9 Å². The van der Waals surface area contributed by atoms with E-state index in [2.05, 4.69) is 17.9 Å². The van der Waals surface area contributed by atoms with E-state index in [1.54, 1.807) is 6.07 Å². The Morgan fingerprint density at radius 1 is 1.32 bits per heavy atom. The third-order valence-electron chi connectivity index (χ3n) is 5.17. The Hall–Kier alpha value is -1.85. The molecule has 0 N–H and O–H groups in total. The number of fused-ring (bicyclic) bond motifs is 2. The van der Waals surface area contributed by atoms with Crippen LogP contribution in [0.3, 0.4) is 0 Å². The second-order valence-corrected chi connectivity index (χ2v) is 7.13. The van der Waals surface area contributed by atoms with Crippen molar-refractivity contribution in [1.82, 2.24) is 4.90 Å². The molecule has 0 radical (unpaired) electrons. The van der Waals surface area contributed by atoms with Crippen molar-refractivity contribution in [2.24, 2.45) is 0 Å². The monoisotopic (exact) mass is 343 g/mol. The fraction of sp³-hybridized carbons (Fsp3) is 0.550. The summed E-state index contributed by atoms with van der Waals surface area (Å²) in [5.41, 5.74) is 3.55. The molecule has 0 unspecified atom stereocenters. The summed E-state index contributed by atoms with van der Waals surface area (Å²) in [6.07, 6.45) is 4.47. The molecule has 5 heteroatoms. The number of hydrogen-bond donors (Lipinski definition) is 0. The summed E-state index contributed by atoms with van der Waals surface area (Å²) in [6.45, 7) is 7.28. The van der Waals surface area contributed by atoms with Crippen LogP contribution in [0.25, 0.3) is 11.0 Å². The fourth-order valence-electron chi connectivity index (χ4n) is 4.00. The number of rotatable bonds is 4. The molecule has 0 bridgehead atoms. The number of nitrogens with zero attached hydrogens (tertiary/aromatic N) is 1. The van der Waals surface area contributed by atoms with Gasteiger partial charge in [-0.3, -0.25) is 4.90 Å². The zero-order valence-corrected chi connectivity index (χ0v) is 15.0. The molecular weight excluding hydrogens is 318 g/mol. The van der Waals surface area contributed by atoms with Gasteiger partial charge in [0.1, 0.15) is 18.1 Å². The first-order valence-corrected chi connectivity index (χ1v) is 9.21. The van der Waals surface area contributed by atoms with Crippen molar-refractivity contribution in [3.8, 4) is 5.75 Å². The minimum atomic E-state index is -0.283. The highest BCUT2D eigenvalue weighted by molar-refractivity contribution is 5.86. The van der Waals surface area contributed by atoms with Gasteiger partial charge in [0.25, 0.3) is 0 Å². The lowest BCUT2D eigenvalue weighted by molar-refractivity contribution is 0.0277. The third-order valence-corrected chi connectivity index (χ3v) is 5.17. The molecule has 2 aromatic rings. The van der Waals surface area contributed by atoms with E-state index in [1.165, 1.54) is 5.56 Å². The van der Waals surface area contributed by atoms with Crippen molar-refractivity contribution in [3.63, 3.8) is 0 Å². The SMILES string of the molecule is CCCc1cc(=O)oc2c(C)c3c(cc12)CN(C[C@@H]1CCCO1)CO3. The number of ether oxygens (including phenoxy) is 2. The van der Waals surface area contributed by atoms with E-state index < -0.39 is 0 Å². The Balaban J connectivity index is 1.70. The van der Waals surface area contributed by atoms with E-state index in [0.717, 1.165) is 67.6 Å². The molecule has 2 aliphatic rings. The lowest BCUT2D eigenvalue weighted by atomic mass is 9.98. The van der Waals surface area contributed by atoms with Crippen LogP contribution in [0.5, 0.6) is 5.75 Å². The first-order valence-electron chi connectivity index (χ1n) is 9.21. The lowest BCUT2D eigenvalue weighted by Gasteiger charge is -2.31. The van der Waals surface area contributed by atoms with Crippen LogP contribution in [0.4, 0.5) is 0 Å². The molecule has 1 atom stereocenters. The van der Waals surface area contributed by atoms with E-state index in [0.29, 0.717) is 18.4 Å². The predicted octanol–water partition coefficient (Wildman–Crippen LogP) is 3.38. The van der Waals surface area contributed by atoms with Gasteiger partial charge in [0.15, 0.2) is 0 Å². The van der Waals surface area contributed by atoms with Crippen LogP contribution in [-0.4, -0.2) is 30.9 Å². The molecule has 2 aliphatic heterocycles. The average molecular weight is 343 g/mol. The predicted molar refractivity (Wildman–Crippen MR) is 96.1 cm³/mol. The molecule has 134 valence electrons. The van der Waals surface area contributed by atoms with Gasteiger partial charge in [-0.25, -0.2) is 4.79 Å². The quantitative estimate of drug-likeness (QED) is 0.797. The maximum absolute atomic E-state index is 11.9. The van der Waals surface area contributed by atoms with E-state index in [4.69, 9.17) is 13.9 Å². The minimum Gasteiger partial charge on any atom is -0.477 e. The molecular formula is C20H25NO4. The first kappa shape index (κ1) is 16.6. The van der Waals surface area contributed by atoms with Gasteiger partial charge in [0, 0.05) is 42.3 Å². The van der Waals surface area contributed by atoms with Crippen molar-refractivity contribution in [1.29, 1.82) is 0 Å². The Morgan fingerprint density at radius 3 is 2.96 bits per heavy atom. The van der Waals surface area contributed by atoms with Gasteiger partial charge in [-0.15, -0.1) is 0 Å². The Labute approximate surface area is 147 Å². The molecule has 0 aliphatic carbocycles.